The molecule has 0 radical (unpaired) electrons. The minimum atomic E-state index is -0.662. The molecule has 0 saturated carbocycles. The second-order valence-corrected chi connectivity index (χ2v) is 9.22. The number of nitro benzene ring substituents is 2. The molecule has 0 bridgehead atoms. The van der Waals surface area contributed by atoms with Gasteiger partial charge in [-0.3, -0.25) is 20.2 Å². The van der Waals surface area contributed by atoms with E-state index < -0.39 is 9.85 Å². The van der Waals surface area contributed by atoms with Gasteiger partial charge in [-0.1, -0.05) is 84.0 Å². The molecule has 1 rings (SSSR count). The Labute approximate surface area is 221 Å². The largest absolute Gasteiger partial charge is 0.379 e. The zero-order valence-electron chi connectivity index (χ0n) is 22.6. The smallest absolute Gasteiger partial charge is 0.299 e. The Bertz CT molecular complexity index is 734. The van der Waals surface area contributed by atoms with Crippen molar-refractivity contribution in [1.29, 1.82) is 0 Å². The van der Waals surface area contributed by atoms with Gasteiger partial charge in [-0.15, -0.1) is 0 Å². The highest BCUT2D eigenvalue weighted by molar-refractivity contribution is 5.65. The van der Waals surface area contributed by atoms with Gasteiger partial charge >= 0.3 is 0 Å². The van der Waals surface area contributed by atoms with Crippen molar-refractivity contribution in [3.63, 3.8) is 0 Å². The number of nitrogens with zero attached hydrogens (tertiary/aromatic N) is 2. The van der Waals surface area contributed by atoms with E-state index in [4.69, 9.17) is 14.2 Å². The minimum Gasteiger partial charge on any atom is -0.379 e. The van der Waals surface area contributed by atoms with Gasteiger partial charge in [0, 0.05) is 19.2 Å². The summed E-state index contributed by atoms with van der Waals surface area (Å²) in [5.41, 5.74) is -0.439. The van der Waals surface area contributed by atoms with Crippen molar-refractivity contribution in [1.82, 2.24) is 0 Å². The van der Waals surface area contributed by atoms with Crippen LogP contribution in [0.4, 0.5) is 17.1 Å². The van der Waals surface area contributed by atoms with E-state index in [2.05, 4.69) is 12.2 Å². The molecule has 0 amide bonds. The van der Waals surface area contributed by atoms with E-state index in [-0.39, 0.29) is 17.1 Å². The summed E-state index contributed by atoms with van der Waals surface area (Å²) >= 11 is 0. The van der Waals surface area contributed by atoms with E-state index in [1.807, 2.05) is 0 Å². The Morgan fingerprint density at radius 2 is 1.14 bits per heavy atom. The van der Waals surface area contributed by atoms with Crippen LogP contribution in [-0.2, 0) is 14.2 Å². The van der Waals surface area contributed by atoms with Crippen molar-refractivity contribution < 1.29 is 24.1 Å². The quantitative estimate of drug-likeness (QED) is 0.0774. The van der Waals surface area contributed by atoms with Crippen molar-refractivity contribution >= 4 is 17.1 Å². The summed E-state index contributed by atoms with van der Waals surface area (Å²) in [4.78, 5) is 20.6. The summed E-state index contributed by atoms with van der Waals surface area (Å²) in [7, 11) is 0. The zero-order valence-corrected chi connectivity index (χ0v) is 22.6. The molecule has 0 heterocycles. The van der Waals surface area contributed by atoms with Crippen LogP contribution in [0, 0.1) is 20.2 Å². The molecule has 0 aromatic heterocycles. The predicted molar refractivity (Wildman–Crippen MR) is 146 cm³/mol. The van der Waals surface area contributed by atoms with E-state index in [1.54, 1.807) is 0 Å². The summed E-state index contributed by atoms with van der Waals surface area (Å²) in [6.07, 6.45) is 17.4. The molecular formula is C27H47N3O7. The van der Waals surface area contributed by atoms with Crippen LogP contribution < -0.4 is 5.32 Å². The number of rotatable bonds is 26. The monoisotopic (exact) mass is 525 g/mol. The van der Waals surface area contributed by atoms with Crippen molar-refractivity contribution in [2.45, 2.75) is 90.4 Å². The maximum Gasteiger partial charge on any atom is 0.299 e. The Hall–Kier alpha value is -2.30. The first-order chi connectivity index (χ1) is 18.1. The molecule has 10 heteroatoms. The Morgan fingerprint density at radius 3 is 1.65 bits per heavy atom. The maximum atomic E-state index is 11.1. The molecule has 0 atom stereocenters. The fraction of sp³-hybridized carbons (Fsp3) is 0.778. The molecule has 1 aromatic carbocycles. The number of ether oxygens (including phenoxy) is 3. The molecule has 0 unspecified atom stereocenters. The van der Waals surface area contributed by atoms with Crippen LogP contribution in [0.15, 0.2) is 18.2 Å². The average molecular weight is 526 g/mol. The lowest BCUT2D eigenvalue weighted by Crippen LogP contribution is -2.14. The summed E-state index contributed by atoms with van der Waals surface area (Å²) in [5, 5.41) is 24.8. The van der Waals surface area contributed by atoms with Crippen molar-refractivity contribution in [2.24, 2.45) is 0 Å². The minimum absolute atomic E-state index is 0.219. The van der Waals surface area contributed by atoms with Crippen LogP contribution in [0.3, 0.4) is 0 Å². The second kappa shape index (κ2) is 22.9. The topological polar surface area (TPSA) is 126 Å². The first-order valence-corrected chi connectivity index (χ1v) is 14.0. The lowest BCUT2D eigenvalue weighted by atomic mass is 10.0. The average Bonchev–Trinajstić information content (AvgIpc) is 2.89. The summed E-state index contributed by atoms with van der Waals surface area (Å²) in [5.74, 6) is 0. The van der Waals surface area contributed by atoms with Crippen molar-refractivity contribution in [2.75, 3.05) is 51.5 Å². The van der Waals surface area contributed by atoms with Crippen molar-refractivity contribution in [3.8, 4) is 0 Å². The van der Waals surface area contributed by atoms with Gasteiger partial charge in [0.25, 0.3) is 11.4 Å². The number of nitrogens with one attached hydrogen (secondary N) is 1. The highest BCUT2D eigenvalue weighted by Gasteiger charge is 2.18. The number of hydrogen-bond donors (Lipinski definition) is 1. The van der Waals surface area contributed by atoms with E-state index in [0.29, 0.717) is 39.6 Å². The number of benzene rings is 1. The molecule has 1 N–H and O–H groups in total. The van der Waals surface area contributed by atoms with Gasteiger partial charge in [0.15, 0.2) is 0 Å². The molecule has 0 saturated heterocycles. The number of anilines is 1. The van der Waals surface area contributed by atoms with E-state index >= 15 is 0 Å². The van der Waals surface area contributed by atoms with Crippen LogP contribution in [0.25, 0.3) is 0 Å². The molecule has 0 aliphatic heterocycles. The molecule has 1 aromatic rings. The molecular weight excluding hydrogens is 478 g/mol. The third-order valence-corrected chi connectivity index (χ3v) is 6.09. The third-order valence-electron chi connectivity index (χ3n) is 6.09. The van der Waals surface area contributed by atoms with E-state index in [1.165, 1.54) is 89.2 Å². The standard InChI is InChI=1S/C27H47N3O7/c1-2-3-4-5-6-7-8-9-10-11-12-13-14-18-35-20-22-37-23-21-36-19-17-28-26-16-15-25(29(31)32)24-27(26)30(33)34/h15-16,24,28H,2-14,17-23H2,1H3. The number of nitro groups is 2. The molecule has 0 aliphatic rings. The van der Waals surface area contributed by atoms with Gasteiger partial charge in [-0.25, -0.2) is 0 Å². The Kier molecular flexibility index (Phi) is 20.2. The van der Waals surface area contributed by atoms with Crippen LogP contribution in [0.5, 0.6) is 0 Å². The van der Waals surface area contributed by atoms with Crippen LogP contribution in [0.1, 0.15) is 90.4 Å². The first-order valence-electron chi connectivity index (χ1n) is 14.0. The van der Waals surface area contributed by atoms with Gasteiger partial charge in [-0.2, -0.15) is 0 Å². The van der Waals surface area contributed by atoms with Gasteiger partial charge < -0.3 is 19.5 Å². The SMILES string of the molecule is CCCCCCCCCCCCCCCOCCOCCOCCNc1ccc([N+](=O)[O-])cc1[N+](=O)[O-]. The molecule has 37 heavy (non-hydrogen) atoms. The fourth-order valence-electron chi connectivity index (χ4n) is 3.96. The van der Waals surface area contributed by atoms with Crippen molar-refractivity contribution in [3.05, 3.63) is 38.4 Å². The van der Waals surface area contributed by atoms with Gasteiger partial charge in [-0.05, 0) is 12.5 Å². The number of unbranched alkanes of at least 4 members (excludes halogenated alkanes) is 12. The summed E-state index contributed by atoms with van der Waals surface area (Å²) < 4.78 is 16.5. The second-order valence-electron chi connectivity index (χ2n) is 9.22. The zero-order chi connectivity index (χ0) is 27.0. The molecule has 0 fully saturated rings. The van der Waals surface area contributed by atoms with E-state index in [9.17, 15) is 20.2 Å². The summed E-state index contributed by atoms with van der Waals surface area (Å²) in [6.45, 7) is 5.65. The van der Waals surface area contributed by atoms with E-state index in [0.717, 1.165) is 19.1 Å². The first kappa shape index (κ1) is 32.7. The lowest BCUT2D eigenvalue weighted by molar-refractivity contribution is -0.393. The third kappa shape index (κ3) is 17.7. The van der Waals surface area contributed by atoms with Gasteiger partial charge in [0.2, 0.25) is 0 Å². The Morgan fingerprint density at radius 1 is 0.649 bits per heavy atom. The normalized spacial score (nSPS) is 11.1. The Balaban J connectivity index is 1.84. The fourth-order valence-corrected chi connectivity index (χ4v) is 3.96. The van der Waals surface area contributed by atoms with Crippen LogP contribution in [-0.4, -0.2) is 56.0 Å². The lowest BCUT2D eigenvalue weighted by Gasteiger charge is -2.09. The number of hydrogen-bond acceptors (Lipinski definition) is 8. The van der Waals surface area contributed by atoms with Gasteiger partial charge in [0.1, 0.15) is 5.69 Å². The maximum absolute atomic E-state index is 11.1. The van der Waals surface area contributed by atoms with Crippen LogP contribution in [0.2, 0.25) is 0 Å². The van der Waals surface area contributed by atoms with Crippen LogP contribution >= 0.6 is 0 Å². The molecule has 0 aliphatic carbocycles. The van der Waals surface area contributed by atoms with Gasteiger partial charge in [0.05, 0.1) is 48.9 Å². The highest BCUT2D eigenvalue weighted by atomic mass is 16.6. The molecule has 212 valence electrons. The summed E-state index contributed by atoms with van der Waals surface area (Å²) in [6, 6.07) is 3.50. The molecule has 0 spiro atoms. The predicted octanol–water partition coefficient (Wildman–Crippen LogP) is 7.06. The molecule has 10 nitrogen and oxygen atoms in total. The number of non-ortho nitro benzene ring substituents is 1. The highest BCUT2D eigenvalue weighted by Crippen LogP contribution is 2.28.